The minimum absolute atomic E-state index is 0.0555. The Morgan fingerprint density at radius 1 is 0.673 bits per heavy atom. The van der Waals surface area contributed by atoms with Gasteiger partial charge in [0.1, 0.15) is 83.5 Å². The molecule has 55 heavy (non-hydrogen) atoms. The van der Waals surface area contributed by atoms with E-state index in [0.29, 0.717) is 0 Å². The van der Waals surface area contributed by atoms with Gasteiger partial charge in [0.2, 0.25) is 23.8 Å². The van der Waals surface area contributed by atoms with Gasteiger partial charge in [-0.3, -0.25) is 4.79 Å². The number of aliphatic hydroxyl groups excluding tert-OH is 10. The summed E-state index contributed by atoms with van der Waals surface area (Å²) in [5.41, 5.74) is -1.35. The SMILES string of the molecule is COc1cc(-c2oc3cc(O[C@@H]4OC(CO)[C@H](O)[C@H](O)C4O[C@@H]4OC(CO)[C@@H](O)[C@H](O)C4O)cc(O)c3c(=O)c2O[C@@H]2OC(C)[C@H](O)C(O)[C@@H]2O)ccc1O. The van der Waals surface area contributed by atoms with Crippen LogP contribution >= 0.6 is 0 Å². The largest absolute Gasteiger partial charge is 0.507 e. The van der Waals surface area contributed by atoms with Crippen LogP contribution < -0.4 is 19.6 Å². The van der Waals surface area contributed by atoms with Gasteiger partial charge in [0.15, 0.2) is 29.7 Å². The molecule has 3 aromatic rings. The fraction of sp³-hybridized carbons (Fsp3) is 0.559. The zero-order valence-electron chi connectivity index (χ0n) is 29.0. The van der Waals surface area contributed by atoms with Crippen molar-refractivity contribution in [1.29, 1.82) is 0 Å². The molecular formula is C34H42O21. The molecule has 3 saturated heterocycles. The second-order valence-corrected chi connectivity index (χ2v) is 13.2. The molecule has 0 bridgehead atoms. The number of phenols is 2. The van der Waals surface area contributed by atoms with Crippen LogP contribution in [-0.4, -0.2) is 174 Å². The molecule has 6 rings (SSSR count). The van der Waals surface area contributed by atoms with Crippen LogP contribution in [0.25, 0.3) is 22.3 Å². The van der Waals surface area contributed by atoms with Crippen molar-refractivity contribution in [2.45, 2.75) is 99.0 Å². The molecule has 1 aromatic heterocycles. The van der Waals surface area contributed by atoms with Crippen molar-refractivity contribution in [2.24, 2.45) is 0 Å². The Balaban J connectivity index is 1.40. The number of ether oxygens (including phenoxy) is 7. The van der Waals surface area contributed by atoms with Gasteiger partial charge in [-0.2, -0.15) is 0 Å². The Labute approximate surface area is 309 Å². The van der Waals surface area contributed by atoms with E-state index in [1.165, 1.54) is 32.2 Å². The summed E-state index contributed by atoms with van der Waals surface area (Å²) < 4.78 is 45.1. The number of fused-ring (bicyclic) bond motifs is 1. The second kappa shape index (κ2) is 16.3. The van der Waals surface area contributed by atoms with Crippen LogP contribution in [0, 0.1) is 0 Å². The maximum absolute atomic E-state index is 14.1. The first-order chi connectivity index (χ1) is 26.1. The highest BCUT2D eigenvalue weighted by Crippen LogP contribution is 2.41. The van der Waals surface area contributed by atoms with E-state index in [1.807, 2.05) is 0 Å². The predicted molar refractivity (Wildman–Crippen MR) is 178 cm³/mol. The molecule has 15 atom stereocenters. The lowest BCUT2D eigenvalue weighted by Gasteiger charge is -2.45. The molecule has 304 valence electrons. The highest BCUT2D eigenvalue weighted by atomic mass is 16.8. The van der Waals surface area contributed by atoms with E-state index in [1.54, 1.807) is 0 Å². The number of rotatable bonds is 10. The van der Waals surface area contributed by atoms with Gasteiger partial charge < -0.3 is 98.9 Å². The van der Waals surface area contributed by atoms with E-state index >= 15 is 0 Å². The number of hydrogen-bond acceptors (Lipinski definition) is 21. The summed E-state index contributed by atoms with van der Waals surface area (Å²) >= 11 is 0. The number of aromatic hydroxyl groups is 2. The molecule has 3 fully saturated rings. The van der Waals surface area contributed by atoms with E-state index in [0.717, 1.165) is 12.1 Å². The van der Waals surface area contributed by atoms with Crippen molar-refractivity contribution in [3.63, 3.8) is 0 Å². The van der Waals surface area contributed by atoms with Gasteiger partial charge in [-0.15, -0.1) is 0 Å². The van der Waals surface area contributed by atoms with E-state index in [2.05, 4.69) is 0 Å². The van der Waals surface area contributed by atoms with Gasteiger partial charge >= 0.3 is 0 Å². The van der Waals surface area contributed by atoms with Crippen LogP contribution in [-0.2, 0) is 18.9 Å². The monoisotopic (exact) mass is 786 g/mol. The lowest BCUT2D eigenvalue weighted by Crippen LogP contribution is -2.65. The molecule has 21 nitrogen and oxygen atoms in total. The lowest BCUT2D eigenvalue weighted by molar-refractivity contribution is -0.357. The average molecular weight is 787 g/mol. The molecule has 6 unspecified atom stereocenters. The number of aliphatic hydroxyl groups is 10. The third kappa shape index (κ3) is 7.65. The van der Waals surface area contributed by atoms with E-state index in [9.17, 15) is 66.1 Å². The van der Waals surface area contributed by atoms with Crippen molar-refractivity contribution in [2.75, 3.05) is 20.3 Å². The lowest BCUT2D eigenvalue weighted by atomic mass is 9.97. The van der Waals surface area contributed by atoms with E-state index in [-0.39, 0.29) is 34.2 Å². The zero-order valence-corrected chi connectivity index (χ0v) is 29.0. The number of hydrogen-bond donors (Lipinski definition) is 12. The number of phenolic OH excluding ortho intramolecular Hbond substituents is 2. The van der Waals surface area contributed by atoms with Crippen LogP contribution in [0.1, 0.15) is 6.92 Å². The van der Waals surface area contributed by atoms with Crippen molar-refractivity contribution in [1.82, 2.24) is 0 Å². The highest BCUT2D eigenvalue weighted by molar-refractivity contribution is 5.88. The van der Waals surface area contributed by atoms with Gasteiger partial charge in [0.25, 0.3) is 0 Å². The van der Waals surface area contributed by atoms with E-state index in [4.69, 9.17) is 37.6 Å². The summed E-state index contributed by atoms with van der Waals surface area (Å²) in [6.45, 7) is -0.259. The van der Waals surface area contributed by atoms with Gasteiger partial charge in [-0.05, 0) is 25.1 Å². The summed E-state index contributed by atoms with van der Waals surface area (Å²) in [6.07, 6.45) is -25.5. The quantitative estimate of drug-likeness (QED) is 0.0934. The van der Waals surface area contributed by atoms with Crippen molar-refractivity contribution in [3.05, 3.63) is 40.6 Å². The summed E-state index contributed by atoms with van der Waals surface area (Å²) in [7, 11) is 1.26. The number of methoxy groups -OCH3 is 1. The van der Waals surface area contributed by atoms with Gasteiger partial charge in [-0.1, -0.05) is 0 Å². The normalized spacial score (nSPS) is 36.8. The van der Waals surface area contributed by atoms with Crippen LogP contribution in [0.5, 0.6) is 28.7 Å². The minimum atomic E-state index is -1.94. The first-order valence-electron chi connectivity index (χ1n) is 16.9. The van der Waals surface area contributed by atoms with Gasteiger partial charge in [-0.25, -0.2) is 0 Å². The molecule has 0 amide bonds. The molecule has 3 aliphatic rings. The third-order valence-electron chi connectivity index (χ3n) is 9.61. The first-order valence-corrected chi connectivity index (χ1v) is 16.9. The maximum Gasteiger partial charge on any atom is 0.239 e. The smallest absolute Gasteiger partial charge is 0.239 e. The van der Waals surface area contributed by atoms with Gasteiger partial charge in [0.05, 0.1) is 26.4 Å². The minimum Gasteiger partial charge on any atom is -0.507 e. The number of benzene rings is 2. The molecule has 0 saturated carbocycles. The Morgan fingerprint density at radius 2 is 1.29 bits per heavy atom. The molecular weight excluding hydrogens is 744 g/mol. The summed E-state index contributed by atoms with van der Waals surface area (Å²) in [4.78, 5) is 14.1. The Hall–Kier alpha value is -3.91. The average Bonchev–Trinajstić information content (AvgIpc) is 3.16. The van der Waals surface area contributed by atoms with Crippen LogP contribution in [0.15, 0.2) is 39.5 Å². The molecule has 0 aliphatic carbocycles. The topological polar surface area (TPSA) is 338 Å². The molecule has 4 heterocycles. The molecule has 21 heteroatoms. The third-order valence-corrected chi connectivity index (χ3v) is 9.61. The van der Waals surface area contributed by atoms with Crippen LogP contribution in [0.2, 0.25) is 0 Å². The first kappa shape index (κ1) is 40.7. The fourth-order valence-electron chi connectivity index (χ4n) is 6.43. The van der Waals surface area contributed by atoms with Crippen molar-refractivity contribution < 1.29 is 98.9 Å². The Morgan fingerprint density at radius 3 is 1.95 bits per heavy atom. The summed E-state index contributed by atoms with van der Waals surface area (Å²) in [5.74, 6) is -2.48. The summed E-state index contributed by atoms with van der Waals surface area (Å²) in [5, 5.41) is 124. The molecule has 2 aromatic carbocycles. The second-order valence-electron chi connectivity index (χ2n) is 13.2. The molecule has 12 N–H and O–H groups in total. The summed E-state index contributed by atoms with van der Waals surface area (Å²) in [6, 6.07) is 5.80. The van der Waals surface area contributed by atoms with Crippen molar-refractivity contribution in [3.8, 4) is 40.1 Å². The Kier molecular flexibility index (Phi) is 12.1. The van der Waals surface area contributed by atoms with Crippen LogP contribution in [0.4, 0.5) is 0 Å². The van der Waals surface area contributed by atoms with Gasteiger partial charge in [0, 0.05) is 17.7 Å². The van der Waals surface area contributed by atoms with Crippen LogP contribution in [0.3, 0.4) is 0 Å². The van der Waals surface area contributed by atoms with E-state index < -0.39 is 128 Å². The molecule has 0 radical (unpaired) electrons. The maximum atomic E-state index is 14.1. The fourth-order valence-corrected chi connectivity index (χ4v) is 6.43. The molecule has 0 spiro atoms. The highest BCUT2D eigenvalue weighted by Gasteiger charge is 2.51. The zero-order chi connectivity index (χ0) is 40.0. The standard InChI is InChI=1S/C34H42O21/c1-10-20(39)24(43)27(46)32(49-10)54-30-23(42)19-14(38)6-12(7-16(19)51-29(30)11-3-4-13(37)15(5-11)48-2)50-34-31(26(45)22(41)18(9-36)53-34)55-33-28(47)25(44)21(40)17(8-35)52-33/h3-7,10,17-18,20-22,24-28,31-41,43-47H,8-9H2,1-2H3/t10?,17?,18?,20-,21+,22-,24?,25-,26-,27-,28?,31?,32-,33-,34+/m0/s1. The Bertz CT molecular complexity index is 1870. The van der Waals surface area contributed by atoms with Crippen molar-refractivity contribution >= 4 is 11.0 Å². The predicted octanol–water partition coefficient (Wildman–Crippen LogP) is -3.91. The molecule has 3 aliphatic heterocycles.